The second-order valence-corrected chi connectivity index (χ2v) is 5.37. The molecule has 94 valence electrons. The van der Waals surface area contributed by atoms with Crippen LogP contribution >= 0.6 is 11.8 Å². The molecule has 1 aromatic heterocycles. The molecule has 0 aliphatic carbocycles. The Labute approximate surface area is 104 Å². The highest BCUT2D eigenvalue weighted by Gasteiger charge is 2.27. The summed E-state index contributed by atoms with van der Waals surface area (Å²) >= 11 is 1.56. The quantitative estimate of drug-likeness (QED) is 0.717. The lowest BCUT2D eigenvalue weighted by Crippen LogP contribution is -2.32. The number of thioether (sulfide) groups is 1. The predicted molar refractivity (Wildman–Crippen MR) is 65.8 cm³/mol. The van der Waals surface area contributed by atoms with Gasteiger partial charge < -0.3 is 20.5 Å². The van der Waals surface area contributed by atoms with E-state index in [4.69, 9.17) is 10.8 Å². The number of aliphatic hydroxyl groups excluding tert-OH is 1. The van der Waals surface area contributed by atoms with Crippen molar-refractivity contribution >= 4 is 17.7 Å². The number of fused-ring (bicyclic) bond motifs is 1. The first-order valence-corrected chi connectivity index (χ1v) is 6.57. The van der Waals surface area contributed by atoms with Gasteiger partial charge in [0.25, 0.3) is 0 Å². The van der Waals surface area contributed by atoms with Gasteiger partial charge in [-0.25, -0.2) is 0 Å². The number of hydrogen-bond acceptors (Lipinski definition) is 4. The summed E-state index contributed by atoms with van der Waals surface area (Å²) in [7, 11) is 0. The molecule has 4 N–H and O–H groups in total. The average Bonchev–Trinajstić information content (AvgIpc) is 2.86. The smallest absolute Gasteiger partial charge is 0.321 e. The number of aliphatic carboxylic acids is 1. The van der Waals surface area contributed by atoms with Gasteiger partial charge in [-0.1, -0.05) is 0 Å². The van der Waals surface area contributed by atoms with Crippen LogP contribution < -0.4 is 5.73 Å². The number of carboxylic acid groups (broad SMARTS) is 1. The molecule has 0 saturated heterocycles. The molecule has 0 saturated carbocycles. The average molecular weight is 256 g/mol. The van der Waals surface area contributed by atoms with Gasteiger partial charge in [0.05, 0.1) is 6.61 Å². The van der Waals surface area contributed by atoms with Gasteiger partial charge in [-0.2, -0.15) is 0 Å². The number of hydrogen-bond donors (Lipinski definition) is 3. The molecule has 2 rings (SSSR count). The van der Waals surface area contributed by atoms with Crippen LogP contribution in [0.2, 0.25) is 0 Å². The number of aromatic nitrogens is 1. The summed E-state index contributed by atoms with van der Waals surface area (Å²) in [6, 6.07) is 1.10. The van der Waals surface area contributed by atoms with Gasteiger partial charge in [0, 0.05) is 29.4 Å². The van der Waals surface area contributed by atoms with Crippen molar-refractivity contribution < 1.29 is 15.0 Å². The zero-order valence-electron chi connectivity index (χ0n) is 9.37. The Hall–Kier alpha value is -0.980. The van der Waals surface area contributed by atoms with Crippen molar-refractivity contribution in [2.75, 3.05) is 5.75 Å². The summed E-state index contributed by atoms with van der Waals surface area (Å²) in [4.78, 5) is 10.6. The summed E-state index contributed by atoms with van der Waals surface area (Å²) in [6.45, 7) is 0.958. The van der Waals surface area contributed by atoms with Gasteiger partial charge >= 0.3 is 5.97 Å². The fourth-order valence-electron chi connectivity index (χ4n) is 2.10. The molecular formula is C11H16N2O3S. The maximum absolute atomic E-state index is 10.6. The molecule has 2 atom stereocenters. The largest absolute Gasteiger partial charge is 0.480 e. The first-order chi connectivity index (χ1) is 8.13. The van der Waals surface area contributed by atoms with Crippen molar-refractivity contribution in [3.05, 3.63) is 23.5 Å². The van der Waals surface area contributed by atoms with Crippen LogP contribution in [0.1, 0.15) is 22.9 Å². The molecule has 0 spiro atoms. The maximum Gasteiger partial charge on any atom is 0.321 e. The zero-order valence-corrected chi connectivity index (χ0v) is 10.2. The van der Waals surface area contributed by atoms with Crippen molar-refractivity contribution in [1.82, 2.24) is 4.57 Å². The highest BCUT2D eigenvalue weighted by Crippen LogP contribution is 2.40. The SMILES string of the molecule is N[C@@H](CSC1CCn2ccc(CO)c21)C(=O)O. The van der Waals surface area contributed by atoms with Gasteiger partial charge in [0.1, 0.15) is 6.04 Å². The lowest BCUT2D eigenvalue weighted by Gasteiger charge is -2.13. The Balaban J connectivity index is 2.01. The van der Waals surface area contributed by atoms with Crippen LogP contribution in [-0.2, 0) is 17.9 Å². The molecular weight excluding hydrogens is 240 g/mol. The number of carbonyl (C=O) groups is 1. The standard InChI is InChI=1S/C11H16N2O3S/c12-8(11(15)16)6-17-9-2-4-13-3-1-7(5-14)10(9)13/h1,3,8-9,14H,2,4-6,12H2,(H,15,16)/t8-,9?/m0/s1. The van der Waals surface area contributed by atoms with E-state index in [0.717, 1.165) is 24.2 Å². The normalized spacial score (nSPS) is 20.2. The second kappa shape index (κ2) is 5.12. The van der Waals surface area contributed by atoms with Crippen LogP contribution in [0.25, 0.3) is 0 Å². The number of carboxylic acids is 1. The Kier molecular flexibility index (Phi) is 3.76. The summed E-state index contributed by atoms with van der Waals surface area (Å²) in [6.07, 6.45) is 2.94. The molecule has 6 heteroatoms. The van der Waals surface area contributed by atoms with Crippen LogP contribution in [0.4, 0.5) is 0 Å². The Morgan fingerprint density at radius 3 is 3.12 bits per heavy atom. The fourth-order valence-corrected chi connectivity index (χ4v) is 3.40. The molecule has 0 bridgehead atoms. The van der Waals surface area contributed by atoms with Crippen molar-refractivity contribution in [1.29, 1.82) is 0 Å². The van der Waals surface area contributed by atoms with Crippen LogP contribution in [0.5, 0.6) is 0 Å². The Bertz CT molecular complexity index is 419. The highest BCUT2D eigenvalue weighted by atomic mass is 32.2. The van der Waals surface area contributed by atoms with Gasteiger partial charge in [-0.05, 0) is 18.1 Å². The first kappa shape index (κ1) is 12.5. The van der Waals surface area contributed by atoms with Crippen LogP contribution in [-0.4, -0.2) is 32.5 Å². The molecule has 1 aliphatic heterocycles. The third kappa shape index (κ3) is 2.48. The van der Waals surface area contributed by atoms with Crippen LogP contribution in [0.3, 0.4) is 0 Å². The molecule has 0 radical (unpaired) electrons. The van der Waals surface area contributed by atoms with E-state index in [1.807, 2.05) is 12.3 Å². The van der Waals surface area contributed by atoms with E-state index in [0.29, 0.717) is 5.75 Å². The number of rotatable bonds is 5. The minimum atomic E-state index is -0.965. The topological polar surface area (TPSA) is 88.5 Å². The van der Waals surface area contributed by atoms with Gasteiger partial charge in [-0.15, -0.1) is 11.8 Å². The summed E-state index contributed by atoms with van der Waals surface area (Å²) in [5, 5.41) is 18.2. The Morgan fingerprint density at radius 1 is 1.71 bits per heavy atom. The molecule has 17 heavy (non-hydrogen) atoms. The fraction of sp³-hybridized carbons (Fsp3) is 0.545. The minimum Gasteiger partial charge on any atom is -0.480 e. The van der Waals surface area contributed by atoms with E-state index in [1.54, 1.807) is 11.8 Å². The third-order valence-corrected chi connectivity index (χ3v) is 4.41. The van der Waals surface area contributed by atoms with E-state index >= 15 is 0 Å². The van der Waals surface area contributed by atoms with E-state index in [9.17, 15) is 9.90 Å². The molecule has 5 nitrogen and oxygen atoms in total. The van der Waals surface area contributed by atoms with E-state index < -0.39 is 12.0 Å². The van der Waals surface area contributed by atoms with Crippen LogP contribution in [0, 0.1) is 0 Å². The number of aryl methyl sites for hydroxylation is 1. The molecule has 0 fully saturated rings. The first-order valence-electron chi connectivity index (χ1n) is 5.52. The number of nitrogens with zero attached hydrogens (tertiary/aromatic N) is 1. The van der Waals surface area contributed by atoms with Crippen LogP contribution in [0.15, 0.2) is 12.3 Å². The summed E-state index contributed by atoms with van der Waals surface area (Å²) in [5.41, 5.74) is 7.54. The van der Waals surface area contributed by atoms with Crippen molar-refractivity contribution in [3.8, 4) is 0 Å². The highest BCUT2D eigenvalue weighted by molar-refractivity contribution is 7.99. The second-order valence-electron chi connectivity index (χ2n) is 4.13. The van der Waals surface area contributed by atoms with Crippen molar-refractivity contribution in [2.45, 2.75) is 30.9 Å². The lowest BCUT2D eigenvalue weighted by molar-refractivity contribution is -0.137. The lowest BCUT2D eigenvalue weighted by atomic mass is 10.2. The van der Waals surface area contributed by atoms with Crippen molar-refractivity contribution in [3.63, 3.8) is 0 Å². The van der Waals surface area contributed by atoms with E-state index in [1.165, 1.54) is 0 Å². The molecule has 0 amide bonds. The molecule has 1 unspecified atom stereocenters. The molecule has 1 aliphatic rings. The van der Waals surface area contributed by atoms with Gasteiger partial charge in [0.15, 0.2) is 0 Å². The number of aliphatic hydroxyl groups is 1. The number of nitrogens with two attached hydrogens (primary N) is 1. The minimum absolute atomic E-state index is 0.0321. The molecule has 1 aromatic rings. The zero-order chi connectivity index (χ0) is 12.4. The van der Waals surface area contributed by atoms with Crippen molar-refractivity contribution in [2.24, 2.45) is 5.73 Å². The summed E-state index contributed by atoms with van der Waals surface area (Å²) < 4.78 is 2.12. The summed E-state index contributed by atoms with van der Waals surface area (Å²) in [5.74, 6) is -0.566. The van der Waals surface area contributed by atoms with Gasteiger partial charge in [-0.3, -0.25) is 4.79 Å². The monoisotopic (exact) mass is 256 g/mol. The van der Waals surface area contributed by atoms with Gasteiger partial charge in [0.2, 0.25) is 0 Å². The van der Waals surface area contributed by atoms with E-state index in [2.05, 4.69) is 4.57 Å². The maximum atomic E-state index is 10.6. The molecule has 0 aromatic carbocycles. The predicted octanol–water partition coefficient (Wildman–Crippen LogP) is 0.570. The Morgan fingerprint density at radius 2 is 2.47 bits per heavy atom. The third-order valence-electron chi connectivity index (χ3n) is 3.00. The molecule has 2 heterocycles. The van der Waals surface area contributed by atoms with E-state index in [-0.39, 0.29) is 11.9 Å².